The molecular weight excluding hydrogens is 350 g/mol. The van der Waals surface area contributed by atoms with Crippen LogP contribution in [-0.4, -0.2) is 48.4 Å². The predicted molar refractivity (Wildman–Crippen MR) is 91.4 cm³/mol. The number of carboxylic acid groups (broad SMARTS) is 1. The Kier molecular flexibility index (Phi) is 6.32. The van der Waals surface area contributed by atoms with E-state index in [2.05, 4.69) is 61.6 Å². The van der Waals surface area contributed by atoms with E-state index in [0.29, 0.717) is 11.9 Å². The maximum Gasteiger partial charge on any atom is 0.408 e. The Morgan fingerprint density at radius 1 is 1.48 bits per heavy atom. The van der Waals surface area contributed by atoms with Crippen molar-refractivity contribution in [3.63, 3.8) is 0 Å². The lowest BCUT2D eigenvalue weighted by Gasteiger charge is -2.44. The van der Waals surface area contributed by atoms with Gasteiger partial charge in [0, 0.05) is 6.54 Å². The molecule has 2 atom stereocenters. The van der Waals surface area contributed by atoms with Crippen molar-refractivity contribution in [3.05, 3.63) is 0 Å². The summed E-state index contributed by atoms with van der Waals surface area (Å²) < 4.78 is 6.45. The fourth-order valence-electron chi connectivity index (χ4n) is 2.17. The van der Waals surface area contributed by atoms with Crippen LogP contribution < -0.4 is 0 Å². The summed E-state index contributed by atoms with van der Waals surface area (Å²) in [6.07, 6.45) is 0.672. The summed E-state index contributed by atoms with van der Waals surface area (Å²) in [6, 6.07) is -0.358. The SMILES string of the molecule is CC(C)(C)[Si](C)(C)OC1CCCN(C(=O)O)C1C#CCBr. The van der Waals surface area contributed by atoms with E-state index in [1.54, 1.807) is 0 Å². The molecule has 0 radical (unpaired) electrons. The van der Waals surface area contributed by atoms with Crippen molar-refractivity contribution in [2.24, 2.45) is 0 Å². The molecule has 120 valence electrons. The lowest BCUT2D eigenvalue weighted by Crippen LogP contribution is -2.55. The number of carbonyl (C=O) groups is 1. The average Bonchev–Trinajstić information content (AvgIpc) is 2.35. The maximum absolute atomic E-state index is 11.4. The minimum absolute atomic E-state index is 0.103. The second-order valence-corrected chi connectivity index (χ2v) is 12.3. The summed E-state index contributed by atoms with van der Waals surface area (Å²) >= 11 is 3.27. The molecule has 2 unspecified atom stereocenters. The summed E-state index contributed by atoms with van der Waals surface area (Å²) in [4.78, 5) is 12.9. The van der Waals surface area contributed by atoms with Gasteiger partial charge in [-0.25, -0.2) is 4.79 Å². The van der Waals surface area contributed by atoms with Crippen LogP contribution in [0.2, 0.25) is 18.1 Å². The molecule has 1 amide bonds. The molecule has 1 aliphatic heterocycles. The van der Waals surface area contributed by atoms with Crippen molar-refractivity contribution in [2.75, 3.05) is 11.9 Å². The van der Waals surface area contributed by atoms with Crippen LogP contribution in [-0.2, 0) is 4.43 Å². The number of hydrogen-bond acceptors (Lipinski definition) is 2. The number of rotatable bonds is 2. The second kappa shape index (κ2) is 7.17. The van der Waals surface area contributed by atoms with E-state index in [1.165, 1.54) is 4.90 Å². The van der Waals surface area contributed by atoms with Gasteiger partial charge in [0.05, 0.1) is 11.4 Å². The maximum atomic E-state index is 11.4. The molecule has 1 aliphatic rings. The van der Waals surface area contributed by atoms with Crippen molar-refractivity contribution in [3.8, 4) is 11.8 Å². The highest BCUT2D eigenvalue weighted by Gasteiger charge is 2.43. The first-order valence-electron chi connectivity index (χ1n) is 7.32. The third kappa shape index (κ3) is 4.73. The molecule has 4 nitrogen and oxygen atoms in total. The predicted octanol–water partition coefficient (Wildman–Crippen LogP) is 3.92. The van der Waals surface area contributed by atoms with Gasteiger partial charge in [0.1, 0.15) is 6.04 Å². The summed E-state index contributed by atoms with van der Waals surface area (Å²) in [6.45, 7) is 11.5. The zero-order valence-corrected chi connectivity index (χ0v) is 16.2. The van der Waals surface area contributed by atoms with E-state index in [4.69, 9.17) is 4.43 Å². The van der Waals surface area contributed by atoms with E-state index in [9.17, 15) is 9.90 Å². The molecule has 0 aromatic heterocycles. The largest absolute Gasteiger partial charge is 0.465 e. The standard InChI is InChI=1S/C15H26BrNO3Si/c1-15(2,3)21(4,5)20-13-9-7-11-17(14(18)19)12(13)8-6-10-16/h12-13H,7,9-11H2,1-5H3,(H,18,19). The molecule has 1 saturated heterocycles. The Hall–Kier alpha value is -0.513. The molecule has 1 rings (SSSR count). The summed E-state index contributed by atoms with van der Waals surface area (Å²) in [7, 11) is -1.94. The molecule has 1 heterocycles. The van der Waals surface area contributed by atoms with Gasteiger partial charge in [0.25, 0.3) is 0 Å². The molecule has 21 heavy (non-hydrogen) atoms. The van der Waals surface area contributed by atoms with E-state index < -0.39 is 14.4 Å². The third-order valence-corrected chi connectivity index (χ3v) is 9.17. The van der Waals surface area contributed by atoms with Crippen LogP contribution in [0, 0.1) is 11.8 Å². The zero-order chi connectivity index (χ0) is 16.3. The number of alkyl halides is 1. The smallest absolute Gasteiger partial charge is 0.408 e. The molecule has 0 spiro atoms. The van der Waals surface area contributed by atoms with Gasteiger partial charge in [0.15, 0.2) is 8.32 Å². The minimum Gasteiger partial charge on any atom is -0.465 e. The molecule has 0 aromatic rings. The molecular formula is C15H26BrNO3Si. The molecule has 1 fully saturated rings. The monoisotopic (exact) mass is 375 g/mol. The van der Waals surface area contributed by atoms with Crippen LogP contribution >= 0.6 is 15.9 Å². The second-order valence-electron chi connectivity index (χ2n) is 6.93. The topological polar surface area (TPSA) is 49.8 Å². The fraction of sp³-hybridized carbons (Fsp3) is 0.800. The molecule has 0 aliphatic carbocycles. The normalized spacial score (nSPS) is 23.4. The van der Waals surface area contributed by atoms with Crippen LogP contribution in [0.5, 0.6) is 0 Å². The molecule has 0 aromatic carbocycles. The van der Waals surface area contributed by atoms with Crippen molar-refractivity contribution in [2.45, 2.75) is 63.9 Å². The van der Waals surface area contributed by atoms with E-state index in [0.717, 1.165) is 12.8 Å². The van der Waals surface area contributed by atoms with Crippen LogP contribution in [0.4, 0.5) is 4.79 Å². The van der Waals surface area contributed by atoms with Crippen LogP contribution in [0.25, 0.3) is 0 Å². The van der Waals surface area contributed by atoms with Crippen molar-refractivity contribution < 1.29 is 14.3 Å². The highest BCUT2D eigenvalue weighted by Crippen LogP contribution is 2.39. The van der Waals surface area contributed by atoms with Crippen LogP contribution in [0.15, 0.2) is 0 Å². The zero-order valence-electron chi connectivity index (χ0n) is 13.6. The number of hydrogen-bond donors (Lipinski definition) is 1. The molecule has 0 saturated carbocycles. The lowest BCUT2D eigenvalue weighted by atomic mass is 10.00. The highest BCUT2D eigenvalue weighted by molar-refractivity contribution is 9.09. The summed E-state index contributed by atoms with van der Waals surface area (Å²) in [5.41, 5.74) is 0. The lowest BCUT2D eigenvalue weighted by molar-refractivity contribution is 0.0459. The van der Waals surface area contributed by atoms with Gasteiger partial charge in [-0.15, -0.1) is 0 Å². The Morgan fingerprint density at radius 2 is 2.10 bits per heavy atom. The van der Waals surface area contributed by atoms with Crippen molar-refractivity contribution >= 4 is 30.3 Å². The van der Waals surface area contributed by atoms with Gasteiger partial charge < -0.3 is 9.53 Å². The van der Waals surface area contributed by atoms with Crippen LogP contribution in [0.1, 0.15) is 33.6 Å². The fourth-order valence-corrected chi connectivity index (χ4v) is 3.69. The summed E-state index contributed by atoms with van der Waals surface area (Å²) in [5, 5.41) is 10.0. The van der Waals surface area contributed by atoms with E-state index >= 15 is 0 Å². The van der Waals surface area contributed by atoms with Gasteiger partial charge in [-0.3, -0.25) is 4.90 Å². The van der Waals surface area contributed by atoms with E-state index in [-0.39, 0.29) is 17.2 Å². The number of amides is 1. The Labute approximate surface area is 137 Å². The molecule has 0 bridgehead atoms. The van der Waals surface area contributed by atoms with Gasteiger partial charge in [-0.2, -0.15) is 0 Å². The van der Waals surface area contributed by atoms with Gasteiger partial charge >= 0.3 is 6.09 Å². The average molecular weight is 376 g/mol. The number of halogens is 1. The minimum atomic E-state index is -1.94. The molecule has 1 N–H and O–H groups in total. The Balaban J connectivity index is 2.99. The number of likely N-dealkylation sites (tertiary alicyclic amines) is 1. The third-order valence-electron chi connectivity index (χ3n) is 4.39. The Morgan fingerprint density at radius 3 is 2.57 bits per heavy atom. The molecule has 6 heteroatoms. The Bertz CT molecular complexity index is 436. The summed E-state index contributed by atoms with van der Waals surface area (Å²) in [5.74, 6) is 6.03. The number of nitrogens with zero attached hydrogens (tertiary/aromatic N) is 1. The number of piperidine rings is 1. The first-order valence-corrected chi connectivity index (χ1v) is 11.3. The first kappa shape index (κ1) is 18.5. The highest BCUT2D eigenvalue weighted by atomic mass is 79.9. The van der Waals surface area contributed by atoms with Crippen molar-refractivity contribution in [1.29, 1.82) is 0 Å². The quantitative estimate of drug-likeness (QED) is 0.452. The van der Waals surface area contributed by atoms with Gasteiger partial charge in [-0.1, -0.05) is 48.5 Å². The van der Waals surface area contributed by atoms with Crippen LogP contribution in [0.3, 0.4) is 0 Å². The van der Waals surface area contributed by atoms with E-state index in [1.807, 2.05) is 0 Å². The van der Waals surface area contributed by atoms with Gasteiger partial charge in [0.2, 0.25) is 0 Å². The van der Waals surface area contributed by atoms with Crippen molar-refractivity contribution in [1.82, 2.24) is 4.90 Å². The van der Waals surface area contributed by atoms with Gasteiger partial charge in [-0.05, 0) is 31.0 Å². The first-order chi connectivity index (χ1) is 9.60.